The minimum absolute atomic E-state index is 0.0791. The first kappa shape index (κ1) is 19.8. The largest absolute Gasteiger partial charge is 0.389 e. The van der Waals surface area contributed by atoms with Gasteiger partial charge in [-0.1, -0.05) is 43.7 Å². The number of hydrogen-bond acceptors (Lipinski definition) is 5. The third-order valence-corrected chi connectivity index (χ3v) is 5.32. The maximum absolute atomic E-state index is 12.5. The third-order valence-electron chi connectivity index (χ3n) is 4.38. The molecule has 1 amide bonds. The fraction of sp³-hybridized carbons (Fsp3) is 0.300. The Labute approximate surface area is 167 Å². The van der Waals surface area contributed by atoms with Crippen molar-refractivity contribution in [3.8, 4) is 0 Å². The molecule has 146 valence electrons. The van der Waals surface area contributed by atoms with Crippen LogP contribution in [0.5, 0.6) is 0 Å². The van der Waals surface area contributed by atoms with E-state index in [-0.39, 0.29) is 24.3 Å². The zero-order valence-corrected chi connectivity index (χ0v) is 16.4. The fourth-order valence-electron chi connectivity index (χ4n) is 2.92. The predicted octanol–water partition coefficient (Wildman–Crippen LogP) is 4.10. The Bertz CT molecular complexity index is 919. The SMILES string of the molecule is CCCCc1ccc(C(NC(=O)Cn2ccc([N+](=O)[O-])n2)c2cccs2)cc1. The number of rotatable bonds is 9. The standard InChI is InChI=1S/C20H22N4O3S/c1-2-3-5-15-7-9-16(10-8-15)20(17-6-4-13-28-17)21-19(25)14-23-12-11-18(22-23)24(26)27/h4,6-13,20H,2-3,5,14H2,1H3,(H,21,25). The number of carbonyl (C=O) groups is 1. The van der Waals surface area contributed by atoms with Gasteiger partial charge < -0.3 is 15.4 Å². The van der Waals surface area contributed by atoms with Crippen LogP contribution in [0.2, 0.25) is 0 Å². The number of nitrogens with one attached hydrogen (secondary N) is 1. The van der Waals surface area contributed by atoms with Crippen molar-refractivity contribution >= 4 is 23.1 Å². The second kappa shape index (κ2) is 9.27. The van der Waals surface area contributed by atoms with Gasteiger partial charge in [0.05, 0.1) is 23.4 Å². The normalized spacial score (nSPS) is 11.9. The van der Waals surface area contributed by atoms with E-state index in [4.69, 9.17) is 0 Å². The van der Waals surface area contributed by atoms with Gasteiger partial charge in [0.1, 0.15) is 6.54 Å². The second-order valence-corrected chi connectivity index (χ2v) is 7.47. The van der Waals surface area contributed by atoms with Crippen molar-refractivity contribution in [2.75, 3.05) is 0 Å². The predicted molar refractivity (Wildman–Crippen MR) is 108 cm³/mol. The van der Waals surface area contributed by atoms with Crippen LogP contribution in [0.4, 0.5) is 5.82 Å². The lowest BCUT2D eigenvalue weighted by atomic mass is 10.0. The molecule has 0 fully saturated rings. The highest BCUT2D eigenvalue weighted by Gasteiger charge is 2.20. The van der Waals surface area contributed by atoms with Crippen LogP contribution >= 0.6 is 11.3 Å². The topological polar surface area (TPSA) is 90.1 Å². The molecular weight excluding hydrogens is 376 g/mol. The first-order chi connectivity index (χ1) is 13.6. The van der Waals surface area contributed by atoms with Gasteiger partial charge in [0.25, 0.3) is 0 Å². The van der Waals surface area contributed by atoms with Gasteiger partial charge in [-0.2, -0.15) is 4.68 Å². The highest BCUT2D eigenvalue weighted by atomic mass is 32.1. The van der Waals surface area contributed by atoms with Crippen LogP contribution in [-0.4, -0.2) is 20.6 Å². The number of hydrogen-bond donors (Lipinski definition) is 1. The molecule has 1 aromatic carbocycles. The summed E-state index contributed by atoms with van der Waals surface area (Å²) in [4.78, 5) is 23.7. The third kappa shape index (κ3) is 5.04. The van der Waals surface area contributed by atoms with Crippen molar-refractivity contribution in [3.05, 3.63) is 80.2 Å². The van der Waals surface area contributed by atoms with E-state index in [9.17, 15) is 14.9 Å². The zero-order valence-electron chi connectivity index (χ0n) is 15.6. The van der Waals surface area contributed by atoms with Crippen molar-refractivity contribution in [3.63, 3.8) is 0 Å². The Morgan fingerprint density at radius 3 is 2.68 bits per heavy atom. The van der Waals surface area contributed by atoms with Crippen LogP contribution in [0.1, 0.15) is 41.8 Å². The Balaban J connectivity index is 1.73. The van der Waals surface area contributed by atoms with E-state index in [0.29, 0.717) is 0 Å². The minimum Gasteiger partial charge on any atom is -0.358 e. The molecule has 0 aliphatic rings. The van der Waals surface area contributed by atoms with Crippen LogP contribution in [0.15, 0.2) is 54.0 Å². The number of nitro groups is 1. The molecule has 0 bridgehead atoms. The molecule has 0 saturated carbocycles. The fourth-order valence-corrected chi connectivity index (χ4v) is 3.72. The number of aromatic nitrogens is 2. The summed E-state index contributed by atoms with van der Waals surface area (Å²) < 4.78 is 1.27. The van der Waals surface area contributed by atoms with Gasteiger partial charge >= 0.3 is 5.82 Å². The van der Waals surface area contributed by atoms with Gasteiger partial charge in [0, 0.05) is 4.88 Å². The highest BCUT2D eigenvalue weighted by molar-refractivity contribution is 7.10. The molecule has 2 heterocycles. The average Bonchev–Trinajstić information content (AvgIpc) is 3.37. The molecule has 1 atom stereocenters. The Morgan fingerprint density at radius 1 is 1.29 bits per heavy atom. The molecule has 2 aromatic heterocycles. The lowest BCUT2D eigenvalue weighted by Gasteiger charge is -2.18. The van der Waals surface area contributed by atoms with E-state index in [1.54, 1.807) is 11.3 Å². The van der Waals surface area contributed by atoms with E-state index >= 15 is 0 Å². The maximum atomic E-state index is 12.5. The molecule has 0 saturated heterocycles. The molecule has 0 spiro atoms. The second-order valence-electron chi connectivity index (χ2n) is 6.49. The number of carbonyl (C=O) groups excluding carboxylic acids is 1. The Hall–Kier alpha value is -3.00. The van der Waals surface area contributed by atoms with Crippen molar-refractivity contribution in [2.45, 2.75) is 38.8 Å². The van der Waals surface area contributed by atoms with Crippen LogP contribution < -0.4 is 5.32 Å². The maximum Gasteiger partial charge on any atom is 0.389 e. The number of benzene rings is 1. The van der Waals surface area contributed by atoms with Crippen LogP contribution in [0.25, 0.3) is 0 Å². The van der Waals surface area contributed by atoms with Crippen LogP contribution in [-0.2, 0) is 17.8 Å². The molecule has 0 aliphatic carbocycles. The average molecular weight is 398 g/mol. The smallest absolute Gasteiger partial charge is 0.358 e. The van der Waals surface area contributed by atoms with E-state index in [0.717, 1.165) is 29.7 Å². The van der Waals surface area contributed by atoms with Gasteiger partial charge in [0.15, 0.2) is 0 Å². The zero-order chi connectivity index (χ0) is 19.9. The summed E-state index contributed by atoms with van der Waals surface area (Å²) in [6.07, 6.45) is 4.78. The van der Waals surface area contributed by atoms with Crippen molar-refractivity contribution in [2.24, 2.45) is 0 Å². The van der Waals surface area contributed by atoms with E-state index in [1.807, 2.05) is 17.5 Å². The van der Waals surface area contributed by atoms with Gasteiger partial charge in [0.2, 0.25) is 5.91 Å². The van der Waals surface area contributed by atoms with Crippen LogP contribution in [0, 0.1) is 10.1 Å². The first-order valence-corrected chi connectivity index (χ1v) is 10.0. The Morgan fingerprint density at radius 2 is 2.07 bits per heavy atom. The highest BCUT2D eigenvalue weighted by Crippen LogP contribution is 2.26. The first-order valence-electron chi connectivity index (χ1n) is 9.16. The lowest BCUT2D eigenvalue weighted by molar-refractivity contribution is -0.389. The van der Waals surface area contributed by atoms with Gasteiger partial charge in [-0.25, -0.2) is 0 Å². The molecular formula is C20H22N4O3S. The molecule has 8 heteroatoms. The summed E-state index contributed by atoms with van der Waals surface area (Å²) in [5, 5.41) is 19.5. The quantitative estimate of drug-likeness (QED) is 0.434. The van der Waals surface area contributed by atoms with E-state index in [2.05, 4.69) is 41.6 Å². The Kier molecular flexibility index (Phi) is 6.54. The summed E-state index contributed by atoms with van der Waals surface area (Å²) in [7, 11) is 0. The number of unbranched alkanes of at least 4 members (excludes halogenated alkanes) is 1. The summed E-state index contributed by atoms with van der Waals surface area (Å²) in [6.45, 7) is 2.09. The number of amides is 1. The van der Waals surface area contributed by atoms with Crippen molar-refractivity contribution in [1.82, 2.24) is 15.1 Å². The monoisotopic (exact) mass is 398 g/mol. The molecule has 3 rings (SSSR count). The van der Waals surface area contributed by atoms with Gasteiger partial charge in [-0.3, -0.25) is 4.79 Å². The molecule has 7 nitrogen and oxygen atoms in total. The summed E-state index contributed by atoms with van der Waals surface area (Å²) >= 11 is 1.57. The molecule has 3 aromatic rings. The molecule has 28 heavy (non-hydrogen) atoms. The minimum atomic E-state index is -0.580. The van der Waals surface area contributed by atoms with E-state index in [1.165, 1.54) is 22.5 Å². The van der Waals surface area contributed by atoms with Crippen molar-refractivity contribution < 1.29 is 9.72 Å². The van der Waals surface area contributed by atoms with Gasteiger partial charge in [-0.05, 0) is 40.3 Å². The molecule has 1 unspecified atom stereocenters. The number of thiophene rings is 1. The number of aryl methyl sites for hydroxylation is 1. The van der Waals surface area contributed by atoms with Crippen molar-refractivity contribution in [1.29, 1.82) is 0 Å². The molecule has 0 radical (unpaired) electrons. The van der Waals surface area contributed by atoms with Gasteiger partial charge in [-0.15, -0.1) is 11.3 Å². The molecule has 1 N–H and O–H groups in total. The summed E-state index contributed by atoms with van der Waals surface area (Å²) in [5.74, 6) is -0.531. The lowest BCUT2D eigenvalue weighted by Crippen LogP contribution is -2.32. The van der Waals surface area contributed by atoms with E-state index < -0.39 is 4.92 Å². The van der Waals surface area contributed by atoms with Crippen LogP contribution in [0.3, 0.4) is 0 Å². The summed E-state index contributed by atoms with van der Waals surface area (Å²) in [5.41, 5.74) is 2.29. The number of nitrogens with zero attached hydrogens (tertiary/aromatic N) is 3. The summed E-state index contributed by atoms with van der Waals surface area (Å²) in [6, 6.07) is 13.3. The molecule has 0 aliphatic heterocycles.